The molecule has 1 aliphatic rings. The van der Waals surface area contributed by atoms with Crippen molar-refractivity contribution in [3.8, 4) is 11.6 Å². The summed E-state index contributed by atoms with van der Waals surface area (Å²) in [6.45, 7) is 3.25. The largest absolute Gasteiger partial charge is 0.497 e. The van der Waals surface area contributed by atoms with E-state index >= 15 is 0 Å². The van der Waals surface area contributed by atoms with Crippen LogP contribution in [0.2, 0.25) is 0 Å². The molecule has 1 aromatic carbocycles. The number of likely N-dealkylation sites (tertiary alicyclic amines) is 1. The van der Waals surface area contributed by atoms with Crippen molar-refractivity contribution < 1.29 is 14.3 Å². The molecule has 2 heterocycles. The number of nitrogens with zero attached hydrogens (tertiary/aromatic N) is 3. The number of aromatic nitrogens is 2. The zero-order valence-electron chi connectivity index (χ0n) is 14.6. The first kappa shape index (κ1) is 17.2. The molecule has 25 heavy (non-hydrogen) atoms. The second-order valence-corrected chi connectivity index (χ2v) is 6.17. The van der Waals surface area contributed by atoms with Crippen LogP contribution in [0.1, 0.15) is 24.2 Å². The van der Waals surface area contributed by atoms with Crippen LogP contribution in [-0.2, 0) is 11.2 Å². The van der Waals surface area contributed by atoms with E-state index in [4.69, 9.17) is 9.47 Å². The molecule has 1 amide bonds. The molecule has 0 radical (unpaired) electrons. The summed E-state index contributed by atoms with van der Waals surface area (Å²) in [5.41, 5.74) is 0.971. The molecule has 6 nitrogen and oxygen atoms in total. The lowest BCUT2D eigenvalue weighted by atomic mass is 10.1. The number of ether oxygens (including phenoxy) is 2. The van der Waals surface area contributed by atoms with Gasteiger partial charge in [0.15, 0.2) is 0 Å². The summed E-state index contributed by atoms with van der Waals surface area (Å²) < 4.78 is 11.1. The topological polar surface area (TPSA) is 64.5 Å². The molecule has 3 rings (SSSR count). The normalized spacial score (nSPS) is 15.0. The van der Waals surface area contributed by atoms with Crippen LogP contribution in [-0.4, -0.2) is 47.1 Å². The van der Waals surface area contributed by atoms with Gasteiger partial charge in [-0.3, -0.25) is 4.79 Å². The Kier molecular flexibility index (Phi) is 5.48. The summed E-state index contributed by atoms with van der Waals surface area (Å²) in [7, 11) is 1.63. The molecule has 1 aromatic heterocycles. The number of carbonyl (C=O) groups is 1. The maximum Gasteiger partial charge on any atom is 0.226 e. The summed E-state index contributed by atoms with van der Waals surface area (Å²) in [6.07, 6.45) is 3.81. The number of hydrogen-bond donors (Lipinski definition) is 0. The Labute approximate surface area is 147 Å². The second kappa shape index (κ2) is 7.96. The van der Waals surface area contributed by atoms with Crippen LogP contribution in [0.4, 0.5) is 0 Å². The molecule has 0 N–H and O–H groups in total. The van der Waals surface area contributed by atoms with E-state index in [9.17, 15) is 4.79 Å². The fraction of sp³-hybridized carbons (Fsp3) is 0.421. The molecular weight excluding hydrogens is 318 g/mol. The highest BCUT2D eigenvalue weighted by molar-refractivity contribution is 5.79. The van der Waals surface area contributed by atoms with Gasteiger partial charge in [0.25, 0.3) is 0 Å². The minimum Gasteiger partial charge on any atom is -0.497 e. The fourth-order valence-corrected chi connectivity index (χ4v) is 2.96. The van der Waals surface area contributed by atoms with Crippen molar-refractivity contribution in [3.63, 3.8) is 0 Å². The molecule has 0 unspecified atom stereocenters. The number of hydrogen-bond acceptors (Lipinski definition) is 5. The van der Waals surface area contributed by atoms with Gasteiger partial charge >= 0.3 is 0 Å². The molecule has 1 fully saturated rings. The standard InChI is InChI=1S/C19H23N3O3/c1-14-20-9-6-18(21-14)25-16-7-10-22(11-8-16)19(23)13-15-4-3-5-17(12-15)24-2/h3-6,9,12,16H,7-8,10-11,13H2,1-2H3. The van der Waals surface area contributed by atoms with Gasteiger partial charge in [-0.2, -0.15) is 4.98 Å². The molecule has 1 saturated heterocycles. The summed E-state index contributed by atoms with van der Waals surface area (Å²) >= 11 is 0. The van der Waals surface area contributed by atoms with Crippen molar-refractivity contribution in [2.45, 2.75) is 32.3 Å². The van der Waals surface area contributed by atoms with E-state index in [1.807, 2.05) is 36.1 Å². The van der Waals surface area contributed by atoms with Crippen molar-refractivity contribution in [3.05, 3.63) is 47.9 Å². The maximum absolute atomic E-state index is 12.5. The third kappa shape index (κ3) is 4.68. The lowest BCUT2D eigenvalue weighted by Crippen LogP contribution is -2.42. The van der Waals surface area contributed by atoms with Gasteiger partial charge in [0, 0.05) is 38.2 Å². The van der Waals surface area contributed by atoms with Gasteiger partial charge in [0.05, 0.1) is 13.5 Å². The predicted octanol–water partition coefficient (Wildman–Crippen LogP) is 2.41. The minimum absolute atomic E-state index is 0.0927. The van der Waals surface area contributed by atoms with E-state index in [0.29, 0.717) is 31.2 Å². The van der Waals surface area contributed by atoms with Crippen LogP contribution >= 0.6 is 0 Å². The average Bonchev–Trinajstić information content (AvgIpc) is 2.62. The Hall–Kier alpha value is -2.63. The first-order chi connectivity index (χ1) is 12.1. The lowest BCUT2D eigenvalue weighted by molar-refractivity contribution is -0.132. The molecule has 0 spiro atoms. The Morgan fingerprint density at radius 1 is 1.28 bits per heavy atom. The third-order valence-electron chi connectivity index (χ3n) is 4.32. The number of aryl methyl sites for hydroxylation is 1. The van der Waals surface area contributed by atoms with Gasteiger partial charge in [-0.15, -0.1) is 0 Å². The SMILES string of the molecule is COc1cccc(CC(=O)N2CCC(Oc3ccnc(C)n3)CC2)c1. The van der Waals surface area contributed by atoms with Crippen molar-refractivity contribution in [1.82, 2.24) is 14.9 Å². The van der Waals surface area contributed by atoms with Crippen molar-refractivity contribution in [2.75, 3.05) is 20.2 Å². The second-order valence-electron chi connectivity index (χ2n) is 6.17. The summed E-state index contributed by atoms with van der Waals surface area (Å²) in [6, 6.07) is 9.42. The summed E-state index contributed by atoms with van der Waals surface area (Å²) in [5, 5.41) is 0. The number of benzene rings is 1. The van der Waals surface area contributed by atoms with E-state index in [1.54, 1.807) is 19.4 Å². The Balaban J connectivity index is 1.50. The van der Waals surface area contributed by atoms with Crippen molar-refractivity contribution in [1.29, 1.82) is 0 Å². The lowest BCUT2D eigenvalue weighted by Gasteiger charge is -2.32. The molecule has 0 bridgehead atoms. The van der Waals surface area contributed by atoms with E-state index in [1.165, 1.54) is 0 Å². The van der Waals surface area contributed by atoms with Crippen molar-refractivity contribution in [2.24, 2.45) is 0 Å². The maximum atomic E-state index is 12.5. The molecular formula is C19H23N3O3. The Morgan fingerprint density at radius 2 is 2.08 bits per heavy atom. The number of rotatable bonds is 5. The number of piperidine rings is 1. The third-order valence-corrected chi connectivity index (χ3v) is 4.32. The molecule has 0 atom stereocenters. The number of amides is 1. The molecule has 2 aromatic rings. The first-order valence-electron chi connectivity index (χ1n) is 8.51. The van der Waals surface area contributed by atoms with Gasteiger partial charge in [0.1, 0.15) is 17.7 Å². The highest BCUT2D eigenvalue weighted by Crippen LogP contribution is 2.19. The minimum atomic E-state index is 0.0927. The quantitative estimate of drug-likeness (QED) is 0.836. The first-order valence-corrected chi connectivity index (χ1v) is 8.51. The zero-order chi connectivity index (χ0) is 17.6. The fourth-order valence-electron chi connectivity index (χ4n) is 2.96. The van der Waals surface area contributed by atoms with Gasteiger partial charge in [-0.1, -0.05) is 12.1 Å². The monoisotopic (exact) mass is 341 g/mol. The van der Waals surface area contributed by atoms with Gasteiger partial charge in [-0.25, -0.2) is 4.98 Å². The molecule has 132 valence electrons. The van der Waals surface area contributed by atoms with E-state index < -0.39 is 0 Å². The Bertz CT molecular complexity index is 727. The smallest absolute Gasteiger partial charge is 0.226 e. The van der Waals surface area contributed by atoms with E-state index in [0.717, 1.165) is 24.2 Å². The summed E-state index contributed by atoms with van der Waals surface area (Å²) in [5.74, 6) is 2.22. The van der Waals surface area contributed by atoms with E-state index in [2.05, 4.69) is 9.97 Å². The van der Waals surface area contributed by atoms with E-state index in [-0.39, 0.29) is 12.0 Å². The number of methoxy groups -OCH3 is 1. The van der Waals surface area contributed by atoms with Gasteiger partial charge < -0.3 is 14.4 Å². The zero-order valence-corrected chi connectivity index (χ0v) is 14.6. The molecule has 0 saturated carbocycles. The molecule has 1 aliphatic heterocycles. The average molecular weight is 341 g/mol. The van der Waals surface area contributed by atoms with Gasteiger partial charge in [0.2, 0.25) is 11.8 Å². The number of carbonyl (C=O) groups excluding carboxylic acids is 1. The highest BCUT2D eigenvalue weighted by atomic mass is 16.5. The van der Waals surface area contributed by atoms with Crippen LogP contribution in [0.25, 0.3) is 0 Å². The van der Waals surface area contributed by atoms with Crippen LogP contribution in [0.15, 0.2) is 36.5 Å². The van der Waals surface area contributed by atoms with Crippen LogP contribution in [0.3, 0.4) is 0 Å². The molecule has 0 aliphatic carbocycles. The highest BCUT2D eigenvalue weighted by Gasteiger charge is 2.24. The van der Waals surface area contributed by atoms with Crippen molar-refractivity contribution >= 4 is 5.91 Å². The van der Waals surface area contributed by atoms with Crippen LogP contribution < -0.4 is 9.47 Å². The summed E-state index contributed by atoms with van der Waals surface area (Å²) in [4.78, 5) is 22.7. The van der Waals surface area contributed by atoms with Gasteiger partial charge in [-0.05, 0) is 24.6 Å². The molecule has 6 heteroatoms. The predicted molar refractivity (Wildman–Crippen MR) is 93.7 cm³/mol. The van der Waals surface area contributed by atoms with Crippen LogP contribution in [0.5, 0.6) is 11.6 Å². The van der Waals surface area contributed by atoms with Crippen LogP contribution in [0, 0.1) is 6.92 Å². The Morgan fingerprint density at radius 3 is 2.80 bits per heavy atom.